The fraction of sp³-hybridized carbons (Fsp3) is 0.619. The summed E-state index contributed by atoms with van der Waals surface area (Å²) in [5.74, 6) is -0.0529. The summed E-state index contributed by atoms with van der Waals surface area (Å²) in [7, 11) is 1.85. The van der Waals surface area contributed by atoms with Crippen LogP contribution in [0, 0.1) is 17.2 Å². The van der Waals surface area contributed by atoms with E-state index in [1.165, 1.54) is 6.07 Å². The molecule has 1 heterocycles. The van der Waals surface area contributed by atoms with Gasteiger partial charge in [0.05, 0.1) is 5.69 Å². The summed E-state index contributed by atoms with van der Waals surface area (Å²) in [5.41, 5.74) is 0.194. The first-order chi connectivity index (χ1) is 12.7. The van der Waals surface area contributed by atoms with Crippen LogP contribution in [0.25, 0.3) is 0 Å². The number of amides is 2. The van der Waals surface area contributed by atoms with E-state index in [0.717, 1.165) is 6.42 Å². The highest BCUT2D eigenvalue weighted by Gasteiger charge is 2.32. The van der Waals surface area contributed by atoms with E-state index in [1.807, 2.05) is 43.7 Å². The number of carbonyl (C=O) groups excluding carboxylic acids is 2. The number of hydrogen-bond acceptors (Lipinski definition) is 3. The van der Waals surface area contributed by atoms with Crippen molar-refractivity contribution >= 4 is 17.5 Å². The van der Waals surface area contributed by atoms with Gasteiger partial charge in [0.15, 0.2) is 0 Å². The van der Waals surface area contributed by atoms with E-state index in [9.17, 15) is 14.0 Å². The Morgan fingerprint density at radius 1 is 1.22 bits per heavy atom. The van der Waals surface area contributed by atoms with Crippen LogP contribution in [0.3, 0.4) is 0 Å². The summed E-state index contributed by atoms with van der Waals surface area (Å²) in [6.07, 6.45) is 2.17. The van der Waals surface area contributed by atoms with Gasteiger partial charge < -0.3 is 15.1 Å². The van der Waals surface area contributed by atoms with Crippen LogP contribution in [-0.4, -0.2) is 49.9 Å². The highest BCUT2D eigenvalue weighted by atomic mass is 19.1. The molecule has 0 atom stereocenters. The molecule has 1 N–H and O–H groups in total. The van der Waals surface area contributed by atoms with E-state index >= 15 is 0 Å². The SMILES string of the molecule is CN(CCCNC(=O)C1CCN(C(=O)C(C)(C)C)CC1)c1ccccc1F. The van der Waals surface area contributed by atoms with Crippen LogP contribution in [0.1, 0.15) is 40.0 Å². The van der Waals surface area contributed by atoms with Crippen molar-refractivity contribution in [3.8, 4) is 0 Å². The molecule has 0 aliphatic carbocycles. The van der Waals surface area contributed by atoms with Gasteiger partial charge in [-0.25, -0.2) is 4.39 Å². The molecule has 0 aromatic heterocycles. The summed E-state index contributed by atoms with van der Waals surface area (Å²) >= 11 is 0. The van der Waals surface area contributed by atoms with Gasteiger partial charge in [-0.3, -0.25) is 9.59 Å². The van der Waals surface area contributed by atoms with Crippen LogP contribution in [0.15, 0.2) is 24.3 Å². The second-order valence-electron chi connectivity index (χ2n) is 8.33. The number of nitrogens with one attached hydrogen (secondary N) is 1. The molecule has 6 heteroatoms. The van der Waals surface area contributed by atoms with Crippen molar-refractivity contribution in [2.45, 2.75) is 40.0 Å². The molecule has 2 amide bonds. The van der Waals surface area contributed by atoms with Gasteiger partial charge in [0.2, 0.25) is 11.8 Å². The van der Waals surface area contributed by atoms with Crippen molar-refractivity contribution in [2.24, 2.45) is 11.3 Å². The van der Waals surface area contributed by atoms with E-state index in [1.54, 1.807) is 12.1 Å². The average molecular weight is 378 g/mol. The maximum Gasteiger partial charge on any atom is 0.227 e. The molecule has 1 aliphatic heterocycles. The predicted octanol–water partition coefficient (Wildman–Crippen LogP) is 3.05. The number of likely N-dealkylation sites (tertiary alicyclic amines) is 1. The number of anilines is 1. The lowest BCUT2D eigenvalue weighted by molar-refractivity contribution is -0.142. The number of halogens is 1. The Morgan fingerprint density at radius 2 is 1.85 bits per heavy atom. The Bertz CT molecular complexity index is 649. The van der Waals surface area contributed by atoms with Crippen LogP contribution in [0.4, 0.5) is 10.1 Å². The Labute approximate surface area is 161 Å². The lowest BCUT2D eigenvalue weighted by Crippen LogP contribution is -2.46. The first-order valence-electron chi connectivity index (χ1n) is 9.73. The standard InChI is InChI=1S/C21H32FN3O2/c1-21(2,3)20(27)25-14-10-16(11-15-25)19(26)23-12-7-13-24(4)18-9-6-5-8-17(18)22/h5-6,8-9,16H,7,10-15H2,1-4H3,(H,23,26). The second-order valence-corrected chi connectivity index (χ2v) is 8.33. The number of benzene rings is 1. The van der Waals surface area contributed by atoms with E-state index in [2.05, 4.69) is 5.32 Å². The predicted molar refractivity (Wildman–Crippen MR) is 106 cm³/mol. The minimum atomic E-state index is -0.376. The Hall–Kier alpha value is -2.11. The summed E-state index contributed by atoms with van der Waals surface area (Å²) < 4.78 is 13.7. The molecule has 5 nitrogen and oxygen atoms in total. The molecule has 2 rings (SSSR count). The quantitative estimate of drug-likeness (QED) is 0.775. The third-order valence-electron chi connectivity index (χ3n) is 5.03. The number of carbonyl (C=O) groups is 2. The normalized spacial score (nSPS) is 15.5. The lowest BCUT2D eigenvalue weighted by atomic mass is 9.90. The van der Waals surface area contributed by atoms with Gasteiger partial charge in [0, 0.05) is 44.6 Å². The van der Waals surface area contributed by atoms with Crippen LogP contribution >= 0.6 is 0 Å². The zero-order chi connectivity index (χ0) is 20.0. The number of nitrogens with zero attached hydrogens (tertiary/aromatic N) is 2. The molecule has 0 spiro atoms. The Balaban J connectivity index is 1.68. The van der Waals surface area contributed by atoms with Crippen LogP contribution in [0.5, 0.6) is 0 Å². The molecule has 0 unspecified atom stereocenters. The van der Waals surface area contributed by atoms with Crippen molar-refractivity contribution < 1.29 is 14.0 Å². The molecule has 150 valence electrons. The highest BCUT2D eigenvalue weighted by Crippen LogP contribution is 2.23. The van der Waals surface area contributed by atoms with Crippen LogP contribution in [-0.2, 0) is 9.59 Å². The third-order valence-corrected chi connectivity index (χ3v) is 5.03. The molecule has 1 aromatic carbocycles. The highest BCUT2D eigenvalue weighted by molar-refractivity contribution is 5.82. The zero-order valence-corrected chi connectivity index (χ0v) is 16.9. The van der Waals surface area contributed by atoms with E-state index < -0.39 is 0 Å². The summed E-state index contributed by atoms with van der Waals surface area (Å²) in [4.78, 5) is 28.4. The summed E-state index contributed by atoms with van der Waals surface area (Å²) in [6, 6.07) is 6.69. The molecule has 0 bridgehead atoms. The van der Waals surface area contributed by atoms with Crippen molar-refractivity contribution in [3.05, 3.63) is 30.1 Å². The van der Waals surface area contributed by atoms with Gasteiger partial charge in [-0.2, -0.15) is 0 Å². The van der Waals surface area contributed by atoms with Gasteiger partial charge in [-0.15, -0.1) is 0 Å². The maximum absolute atomic E-state index is 13.7. The maximum atomic E-state index is 13.7. The first-order valence-corrected chi connectivity index (χ1v) is 9.73. The van der Waals surface area contributed by atoms with Gasteiger partial charge >= 0.3 is 0 Å². The van der Waals surface area contributed by atoms with E-state index in [4.69, 9.17) is 0 Å². The van der Waals surface area contributed by atoms with Crippen molar-refractivity contribution in [2.75, 3.05) is 38.1 Å². The molecule has 1 aliphatic rings. The minimum absolute atomic E-state index is 0.0293. The molecule has 0 radical (unpaired) electrons. The van der Waals surface area contributed by atoms with Crippen molar-refractivity contribution in [1.82, 2.24) is 10.2 Å². The summed E-state index contributed by atoms with van der Waals surface area (Å²) in [6.45, 7) is 8.29. The lowest BCUT2D eigenvalue weighted by Gasteiger charge is -2.35. The first kappa shape index (κ1) is 21.2. The summed E-state index contributed by atoms with van der Waals surface area (Å²) in [5, 5.41) is 2.99. The average Bonchev–Trinajstić information content (AvgIpc) is 2.64. The minimum Gasteiger partial charge on any atom is -0.372 e. The number of para-hydroxylation sites is 1. The zero-order valence-electron chi connectivity index (χ0n) is 16.9. The van der Waals surface area contributed by atoms with Crippen LogP contribution < -0.4 is 10.2 Å². The molecule has 27 heavy (non-hydrogen) atoms. The fourth-order valence-electron chi connectivity index (χ4n) is 3.37. The number of rotatable bonds is 6. The molecular formula is C21H32FN3O2. The molecular weight excluding hydrogens is 345 g/mol. The van der Waals surface area contributed by atoms with Gasteiger partial charge in [-0.1, -0.05) is 32.9 Å². The third kappa shape index (κ3) is 5.94. The molecule has 1 saturated heterocycles. The van der Waals surface area contributed by atoms with Gasteiger partial charge in [0.1, 0.15) is 5.82 Å². The molecule has 1 aromatic rings. The monoisotopic (exact) mass is 377 g/mol. The fourth-order valence-corrected chi connectivity index (χ4v) is 3.37. The van der Waals surface area contributed by atoms with Gasteiger partial charge in [-0.05, 0) is 31.4 Å². The topological polar surface area (TPSA) is 52.7 Å². The number of hydrogen-bond donors (Lipinski definition) is 1. The van der Waals surface area contributed by atoms with Crippen LogP contribution in [0.2, 0.25) is 0 Å². The van der Waals surface area contributed by atoms with Crippen molar-refractivity contribution in [1.29, 1.82) is 0 Å². The van der Waals surface area contributed by atoms with E-state index in [0.29, 0.717) is 44.7 Å². The smallest absolute Gasteiger partial charge is 0.227 e. The molecule has 0 saturated carbocycles. The Kier molecular flexibility index (Phi) is 7.22. The second kappa shape index (κ2) is 9.20. The van der Waals surface area contributed by atoms with E-state index in [-0.39, 0.29) is 29.0 Å². The Morgan fingerprint density at radius 3 is 2.44 bits per heavy atom. The van der Waals surface area contributed by atoms with Gasteiger partial charge in [0.25, 0.3) is 0 Å². The van der Waals surface area contributed by atoms with Crippen molar-refractivity contribution in [3.63, 3.8) is 0 Å². The largest absolute Gasteiger partial charge is 0.372 e. The number of piperidine rings is 1. The molecule has 1 fully saturated rings.